The molecule has 0 atom stereocenters. The summed E-state index contributed by atoms with van der Waals surface area (Å²) in [5.74, 6) is -0.801. The number of para-hydroxylation sites is 1. The predicted molar refractivity (Wildman–Crippen MR) is 93.1 cm³/mol. The number of carbonyl (C=O) groups excluding carboxylic acids is 1. The molecule has 0 aliphatic heterocycles. The molecule has 0 bridgehead atoms. The van der Waals surface area contributed by atoms with E-state index >= 15 is 0 Å². The van der Waals surface area contributed by atoms with E-state index in [2.05, 4.69) is 15.6 Å². The highest BCUT2D eigenvalue weighted by atomic mass is 19.1. The number of hydrogen-bond acceptors (Lipinski definition) is 3. The van der Waals surface area contributed by atoms with Crippen LogP contribution in [0.5, 0.6) is 0 Å². The summed E-state index contributed by atoms with van der Waals surface area (Å²) in [5, 5.41) is 5.89. The number of halogens is 1. The Balaban J connectivity index is 1.77. The first-order valence-electron chi connectivity index (χ1n) is 7.47. The molecule has 0 unspecified atom stereocenters. The maximum atomic E-state index is 13.2. The Kier molecular flexibility index (Phi) is 4.52. The zero-order valence-electron chi connectivity index (χ0n) is 13.1. The van der Waals surface area contributed by atoms with Gasteiger partial charge in [0.15, 0.2) is 0 Å². The van der Waals surface area contributed by atoms with Gasteiger partial charge in [-0.25, -0.2) is 4.39 Å². The number of benzene rings is 2. The number of aromatic nitrogens is 1. The lowest BCUT2D eigenvalue weighted by molar-refractivity contribution is 0.102. The Morgan fingerprint density at radius 2 is 1.83 bits per heavy atom. The molecule has 0 saturated carbocycles. The highest BCUT2D eigenvalue weighted by Gasteiger charge is 2.09. The summed E-state index contributed by atoms with van der Waals surface area (Å²) in [6.07, 6.45) is 1.56. The van der Waals surface area contributed by atoms with Crippen molar-refractivity contribution in [3.8, 4) is 0 Å². The minimum atomic E-state index is -0.407. The van der Waals surface area contributed by atoms with Gasteiger partial charge in [-0.15, -0.1) is 0 Å². The number of nitrogens with zero attached hydrogens (tertiary/aromatic N) is 1. The molecular weight excluding hydrogens is 305 g/mol. The zero-order valence-corrected chi connectivity index (χ0v) is 13.1. The monoisotopic (exact) mass is 321 g/mol. The zero-order chi connectivity index (χ0) is 16.9. The Hall–Kier alpha value is -3.21. The molecule has 0 fully saturated rings. The fourth-order valence-corrected chi connectivity index (χ4v) is 2.26. The number of pyridine rings is 1. The van der Waals surface area contributed by atoms with E-state index in [1.165, 1.54) is 18.2 Å². The van der Waals surface area contributed by atoms with E-state index in [0.717, 1.165) is 16.9 Å². The third kappa shape index (κ3) is 3.76. The molecule has 4 nitrogen and oxygen atoms in total. The molecule has 0 aliphatic carbocycles. The molecule has 2 aromatic carbocycles. The van der Waals surface area contributed by atoms with E-state index in [4.69, 9.17) is 0 Å². The number of anilines is 3. The van der Waals surface area contributed by atoms with E-state index in [9.17, 15) is 9.18 Å². The van der Waals surface area contributed by atoms with Gasteiger partial charge in [-0.3, -0.25) is 9.78 Å². The number of nitrogens with one attached hydrogen (secondary N) is 2. The van der Waals surface area contributed by atoms with Crippen LogP contribution in [0, 0.1) is 12.7 Å². The average molecular weight is 321 g/mol. The number of hydrogen-bond donors (Lipinski definition) is 2. The minimum Gasteiger partial charge on any atom is -0.355 e. The summed E-state index contributed by atoms with van der Waals surface area (Å²) < 4.78 is 13.2. The van der Waals surface area contributed by atoms with Crippen LogP contribution in [0.4, 0.5) is 21.5 Å². The van der Waals surface area contributed by atoms with Gasteiger partial charge in [0.2, 0.25) is 0 Å². The normalized spacial score (nSPS) is 10.2. The van der Waals surface area contributed by atoms with E-state index < -0.39 is 11.7 Å². The maximum Gasteiger partial charge on any atom is 0.274 e. The average Bonchev–Trinajstić information content (AvgIpc) is 2.57. The molecule has 3 rings (SSSR count). The van der Waals surface area contributed by atoms with Crippen molar-refractivity contribution in [3.63, 3.8) is 0 Å². The molecule has 0 saturated heterocycles. The Labute approximate surface area is 139 Å². The lowest BCUT2D eigenvalue weighted by Gasteiger charge is -2.10. The quantitative estimate of drug-likeness (QED) is 0.742. The lowest BCUT2D eigenvalue weighted by atomic mass is 10.2. The number of rotatable bonds is 4. The molecule has 0 spiro atoms. The van der Waals surface area contributed by atoms with Crippen LogP contribution < -0.4 is 10.6 Å². The maximum absolute atomic E-state index is 13.2. The second kappa shape index (κ2) is 6.91. The largest absolute Gasteiger partial charge is 0.355 e. The molecule has 2 N–H and O–H groups in total. The summed E-state index contributed by atoms with van der Waals surface area (Å²) in [5.41, 5.74) is 3.45. The Morgan fingerprint density at radius 3 is 2.62 bits per heavy atom. The fourth-order valence-electron chi connectivity index (χ4n) is 2.26. The van der Waals surface area contributed by atoms with Crippen molar-refractivity contribution in [2.45, 2.75) is 6.92 Å². The number of carbonyl (C=O) groups is 1. The Morgan fingerprint density at radius 1 is 1.00 bits per heavy atom. The van der Waals surface area contributed by atoms with Gasteiger partial charge in [-0.2, -0.15) is 0 Å². The van der Waals surface area contributed by atoms with Gasteiger partial charge in [-0.05, 0) is 48.9 Å². The van der Waals surface area contributed by atoms with Crippen molar-refractivity contribution >= 4 is 23.0 Å². The first-order chi connectivity index (χ1) is 11.6. The summed E-state index contributed by atoms with van der Waals surface area (Å²) in [7, 11) is 0. The highest BCUT2D eigenvalue weighted by Crippen LogP contribution is 2.20. The molecule has 1 amide bonds. The van der Waals surface area contributed by atoms with Crippen molar-refractivity contribution in [1.82, 2.24) is 4.98 Å². The van der Waals surface area contributed by atoms with E-state index in [1.807, 2.05) is 31.2 Å². The molecule has 1 aromatic heterocycles. The molecule has 5 heteroatoms. The summed E-state index contributed by atoms with van der Waals surface area (Å²) in [4.78, 5) is 16.3. The first-order valence-corrected chi connectivity index (χ1v) is 7.47. The van der Waals surface area contributed by atoms with Gasteiger partial charge in [0.05, 0.1) is 0 Å². The lowest BCUT2D eigenvalue weighted by Crippen LogP contribution is -2.14. The van der Waals surface area contributed by atoms with E-state index in [0.29, 0.717) is 5.69 Å². The Bertz CT molecular complexity index is 880. The third-order valence-corrected chi connectivity index (χ3v) is 3.50. The number of amides is 1. The minimum absolute atomic E-state index is 0.248. The summed E-state index contributed by atoms with van der Waals surface area (Å²) >= 11 is 0. The van der Waals surface area contributed by atoms with Crippen molar-refractivity contribution < 1.29 is 9.18 Å². The highest BCUT2D eigenvalue weighted by molar-refractivity contribution is 6.03. The van der Waals surface area contributed by atoms with Gasteiger partial charge >= 0.3 is 0 Å². The molecular formula is C19H16FN3O. The third-order valence-electron chi connectivity index (χ3n) is 3.50. The molecule has 3 aromatic rings. The first kappa shape index (κ1) is 15.7. The standard InChI is InChI=1S/C19H16FN3O/c1-13-5-2-3-8-17(13)22-16-9-10-21-18(12-16)19(24)23-15-7-4-6-14(20)11-15/h2-12H,1H3,(H,21,22)(H,23,24). The summed E-state index contributed by atoms with van der Waals surface area (Å²) in [6, 6.07) is 17.0. The van der Waals surface area contributed by atoms with Crippen LogP contribution in [-0.2, 0) is 0 Å². The molecule has 0 radical (unpaired) electrons. The number of aryl methyl sites for hydroxylation is 1. The van der Waals surface area contributed by atoms with Crippen molar-refractivity contribution in [2.24, 2.45) is 0 Å². The molecule has 120 valence electrons. The smallest absolute Gasteiger partial charge is 0.274 e. The fraction of sp³-hybridized carbons (Fsp3) is 0.0526. The molecule has 1 heterocycles. The van der Waals surface area contributed by atoms with Crippen LogP contribution in [-0.4, -0.2) is 10.9 Å². The van der Waals surface area contributed by atoms with Gasteiger partial charge in [0.25, 0.3) is 5.91 Å². The second-order valence-electron chi connectivity index (χ2n) is 5.33. The van der Waals surface area contributed by atoms with Gasteiger partial charge < -0.3 is 10.6 Å². The second-order valence-corrected chi connectivity index (χ2v) is 5.33. The van der Waals surface area contributed by atoms with Crippen molar-refractivity contribution in [1.29, 1.82) is 0 Å². The van der Waals surface area contributed by atoms with Crippen LogP contribution in [0.15, 0.2) is 66.9 Å². The van der Waals surface area contributed by atoms with Crippen molar-refractivity contribution in [3.05, 3.63) is 83.9 Å². The van der Waals surface area contributed by atoms with Gasteiger partial charge in [0.1, 0.15) is 11.5 Å². The van der Waals surface area contributed by atoms with E-state index in [-0.39, 0.29) is 5.69 Å². The SMILES string of the molecule is Cc1ccccc1Nc1ccnc(C(=O)Nc2cccc(F)c2)c1. The molecule has 24 heavy (non-hydrogen) atoms. The van der Waals surface area contributed by atoms with Crippen LogP contribution in [0.3, 0.4) is 0 Å². The predicted octanol–water partition coefficient (Wildman–Crippen LogP) is 4.53. The van der Waals surface area contributed by atoms with Crippen LogP contribution >= 0.6 is 0 Å². The van der Waals surface area contributed by atoms with Gasteiger partial charge in [0, 0.05) is 23.3 Å². The van der Waals surface area contributed by atoms with Crippen LogP contribution in [0.2, 0.25) is 0 Å². The molecule has 0 aliphatic rings. The van der Waals surface area contributed by atoms with Gasteiger partial charge in [-0.1, -0.05) is 24.3 Å². The van der Waals surface area contributed by atoms with E-state index in [1.54, 1.807) is 24.4 Å². The van der Waals surface area contributed by atoms with Crippen molar-refractivity contribution in [2.75, 3.05) is 10.6 Å². The topological polar surface area (TPSA) is 54.0 Å². The van der Waals surface area contributed by atoms with Crippen LogP contribution in [0.25, 0.3) is 0 Å². The summed E-state index contributed by atoms with van der Waals surface area (Å²) in [6.45, 7) is 2.00. The van der Waals surface area contributed by atoms with Crippen LogP contribution in [0.1, 0.15) is 16.1 Å².